The Balaban J connectivity index is 0.000000320. The molecule has 0 fully saturated rings. The zero-order valence-corrected chi connectivity index (χ0v) is 52.0. The van der Waals surface area contributed by atoms with Crippen LogP contribution in [0.1, 0.15) is 85.2 Å². The number of nitrogen functional groups attached to an aromatic ring is 2. The lowest BCUT2D eigenvalue weighted by Gasteiger charge is -2.09. The second-order valence-corrected chi connectivity index (χ2v) is 22.8. The number of carboxylic acids is 1. The highest BCUT2D eigenvalue weighted by Crippen LogP contribution is 2.20. The molecule has 6 aromatic carbocycles. The number of ketones is 1. The van der Waals surface area contributed by atoms with Gasteiger partial charge in [0.15, 0.2) is 5.78 Å². The topological polar surface area (TPSA) is 176 Å². The molecule has 11 nitrogen and oxygen atoms in total. The summed E-state index contributed by atoms with van der Waals surface area (Å²) in [5.74, 6) is -0.729. The Kier molecular flexibility index (Phi) is 29.1. The van der Waals surface area contributed by atoms with Gasteiger partial charge in [-0.2, -0.15) is 0 Å². The van der Waals surface area contributed by atoms with Crippen molar-refractivity contribution in [1.29, 1.82) is 0 Å². The van der Waals surface area contributed by atoms with Gasteiger partial charge < -0.3 is 25.7 Å². The Labute approximate surface area is 495 Å². The predicted octanol–water partition coefficient (Wildman–Crippen LogP) is 16.0. The van der Waals surface area contributed by atoms with Crippen LogP contribution in [-0.2, 0) is 15.6 Å². The van der Waals surface area contributed by atoms with E-state index in [1.54, 1.807) is 56.2 Å². The maximum atomic E-state index is 12.6. The number of aryl methyl sites for hydroxylation is 6. The van der Waals surface area contributed by atoms with Gasteiger partial charge in [-0.15, -0.1) is 0 Å². The van der Waals surface area contributed by atoms with Gasteiger partial charge in [-0.1, -0.05) is 60.1 Å². The van der Waals surface area contributed by atoms with E-state index >= 15 is 0 Å². The number of rotatable bonds is 7. The van der Waals surface area contributed by atoms with E-state index < -0.39 is 20.4 Å². The fourth-order valence-electron chi connectivity index (χ4n) is 6.12. The Hall–Kier alpha value is -4.16. The minimum atomic E-state index is -1.67. The summed E-state index contributed by atoms with van der Waals surface area (Å²) in [5, 5.41) is 8.20. The van der Waals surface area contributed by atoms with Crippen LogP contribution in [0.3, 0.4) is 0 Å². The number of carbonyl (C=O) groups excluding carboxylic acids is 2. The third kappa shape index (κ3) is 24.8. The molecule has 0 radical (unpaired) electrons. The number of aromatic nitrogens is 4. The van der Waals surface area contributed by atoms with Gasteiger partial charge in [0.25, 0.3) is 5.24 Å². The van der Waals surface area contributed by atoms with E-state index in [2.05, 4.69) is 133 Å². The average molecular weight is 1470 g/mol. The molecule has 386 valence electrons. The van der Waals surface area contributed by atoms with E-state index in [9.17, 15) is 14.4 Å². The quantitative estimate of drug-likeness (QED) is 0.0607. The minimum Gasteiger partial charge on any atom is -0.478 e. The lowest BCUT2D eigenvalue weighted by molar-refractivity contribution is 0.0696. The lowest BCUT2D eigenvalue weighted by atomic mass is 10.0. The number of hydrogen-bond donors (Lipinski definition) is 3. The van der Waals surface area contributed by atoms with Crippen molar-refractivity contribution in [3.8, 4) is 11.4 Å². The normalized spacial score (nSPS) is 10.0. The van der Waals surface area contributed by atoms with Gasteiger partial charge in [0.2, 0.25) is 9.23 Å². The van der Waals surface area contributed by atoms with Crippen molar-refractivity contribution >= 4 is 154 Å². The molecule has 73 heavy (non-hydrogen) atoms. The molecule has 0 aliphatic carbocycles. The molecule has 8 aromatic rings. The van der Waals surface area contributed by atoms with Gasteiger partial charge in [0.1, 0.15) is 0 Å². The number of carbonyl (C=O) groups is 3. The van der Waals surface area contributed by atoms with Crippen LogP contribution in [0, 0.1) is 52.3 Å². The highest BCUT2D eigenvalue weighted by Gasteiger charge is 2.11. The van der Waals surface area contributed by atoms with Crippen molar-refractivity contribution in [3.05, 3.63) is 217 Å². The molecule has 0 atom stereocenters. The second-order valence-electron chi connectivity index (χ2n) is 15.5. The number of nitrogens with two attached hydrogens (primary N) is 2. The maximum Gasteiger partial charge on any atom is 0.335 e. The van der Waals surface area contributed by atoms with Crippen molar-refractivity contribution in [2.45, 2.75) is 61.8 Å². The van der Waals surface area contributed by atoms with E-state index in [1.807, 2.05) is 130 Å². The standard InChI is InChI=1S/C19H17IN2O.C10H11N3.C8H6ClIO.C8H7IO2.C7H8BrN.C2H6.Cl2OS/c1-13-7-15(9-17(8-13)22-6-5-21-12-22)10-19(23)16-4-3-14(2)18(20)11-16;1-8-4-9(11)6-10(5-8)13-3-2-12-7-13;1-5-2-3-6(8(9)11)4-7(5)10;1-5-2-3-6(8(10)11)4-7(5)9;1-5-2-6(8)4-7(9)3-5;1-2;1-4(2)3/h3-9,11-12H,10H2,1-2H3;2-7H,11H2,1H3;2-4H,1H3;2-4H,1H3,(H,10,11);2-4H,9H2,1H3;1-2H3;/i;;;;;1D;. The maximum absolute atomic E-state index is 12.6. The fraction of sp³-hybridized carbons (Fsp3) is 0.167. The number of halogens is 7. The summed E-state index contributed by atoms with van der Waals surface area (Å²) in [6.45, 7) is 14.4. The summed E-state index contributed by atoms with van der Waals surface area (Å²) in [7, 11) is 7.36. The van der Waals surface area contributed by atoms with Crippen LogP contribution in [0.15, 0.2) is 151 Å². The second kappa shape index (κ2) is 33.7. The first-order chi connectivity index (χ1) is 34.8. The Morgan fingerprint density at radius 1 is 0.644 bits per heavy atom. The van der Waals surface area contributed by atoms with E-state index in [-0.39, 0.29) is 5.78 Å². The van der Waals surface area contributed by atoms with Crippen molar-refractivity contribution in [3.63, 3.8) is 0 Å². The largest absolute Gasteiger partial charge is 0.478 e. The van der Waals surface area contributed by atoms with Crippen LogP contribution < -0.4 is 11.5 Å². The minimum absolute atomic E-state index is 0.144. The molecule has 0 spiro atoms. The monoisotopic (exact) mass is 1460 g/mol. The summed E-state index contributed by atoms with van der Waals surface area (Å²) in [6, 6.07) is 34.3. The molecule has 5 N–H and O–H groups in total. The van der Waals surface area contributed by atoms with Crippen molar-refractivity contribution in [1.82, 2.24) is 19.1 Å². The molecule has 0 amide bonds. The van der Waals surface area contributed by atoms with Crippen LogP contribution in [0.4, 0.5) is 11.4 Å². The molecule has 2 aromatic heterocycles. The van der Waals surface area contributed by atoms with Gasteiger partial charge in [-0.3, -0.25) is 9.59 Å². The fourth-order valence-corrected chi connectivity index (χ4v) is 8.40. The molecule has 8 rings (SSSR count). The Bertz CT molecular complexity index is 2980. The van der Waals surface area contributed by atoms with Crippen LogP contribution >= 0.6 is 117 Å². The molecule has 0 unspecified atom stereocenters. The zero-order chi connectivity index (χ0) is 55.7. The van der Waals surface area contributed by atoms with Crippen molar-refractivity contribution < 1.29 is 25.1 Å². The van der Waals surface area contributed by atoms with Gasteiger partial charge in [-0.25, -0.2) is 19.0 Å². The number of aromatic carboxylic acids is 1. The molecule has 19 heteroatoms. The summed E-state index contributed by atoms with van der Waals surface area (Å²) in [4.78, 5) is 41.8. The number of hydrogen-bond acceptors (Lipinski definition) is 8. The Morgan fingerprint density at radius 2 is 1.04 bits per heavy atom. The van der Waals surface area contributed by atoms with Gasteiger partial charge in [0.05, 0.1) is 18.2 Å². The summed E-state index contributed by atoms with van der Waals surface area (Å²) < 4.78 is 23.4. The van der Waals surface area contributed by atoms with E-state index in [1.165, 1.54) is 11.1 Å². The van der Waals surface area contributed by atoms with Gasteiger partial charge >= 0.3 is 5.97 Å². The smallest absolute Gasteiger partial charge is 0.335 e. The third-order valence-corrected chi connectivity index (χ3v) is 13.7. The number of nitrogens with zero attached hydrogens (tertiary/aromatic N) is 4. The molecule has 0 bridgehead atoms. The van der Waals surface area contributed by atoms with E-state index in [0.29, 0.717) is 24.4 Å². The predicted molar refractivity (Wildman–Crippen MR) is 332 cm³/mol. The molecular weight excluding hydrogens is 1410 g/mol. The van der Waals surface area contributed by atoms with E-state index in [0.717, 1.165) is 71.3 Å². The van der Waals surface area contributed by atoms with Crippen LogP contribution in [0.5, 0.6) is 0 Å². The van der Waals surface area contributed by atoms with Crippen molar-refractivity contribution in [2.24, 2.45) is 0 Å². The molecule has 0 saturated heterocycles. The molecule has 0 saturated carbocycles. The summed E-state index contributed by atoms with van der Waals surface area (Å²) in [6.07, 6.45) is 11.2. The number of anilines is 2. The first-order valence-electron chi connectivity index (χ1n) is 22.3. The van der Waals surface area contributed by atoms with Crippen LogP contribution in [-0.4, -0.2) is 45.4 Å². The third-order valence-electron chi connectivity index (χ3n) is 9.55. The van der Waals surface area contributed by atoms with Crippen LogP contribution in [0.2, 0.25) is 0 Å². The van der Waals surface area contributed by atoms with Gasteiger partial charge in [0, 0.05) is 103 Å². The zero-order valence-electron chi connectivity index (χ0n) is 41.8. The SMILES string of the molecule is Cc1cc(CC(=O)c2ccc(C)c(I)c2)cc(-n2ccnc2)c1.Cc1cc(N)cc(-n2ccnc2)c1.Cc1cc(N)cc(Br)c1.Cc1ccc(C(=O)Cl)cc1I.Cc1ccc(C(=O)O)cc1I.O=S(Cl)Cl.[2H]CC. The van der Waals surface area contributed by atoms with Crippen molar-refractivity contribution in [2.75, 3.05) is 11.5 Å². The lowest BCUT2D eigenvalue weighted by Crippen LogP contribution is -2.05. The number of Topliss-reactive ketones (excluding diaryl/α,β-unsaturated/α-hetero) is 1. The first-order valence-corrected chi connectivity index (χ1v) is 28.8. The number of imidazole rings is 2. The first kappa shape index (κ1) is 63.1. The van der Waals surface area contributed by atoms with E-state index in [4.69, 9.17) is 33.8 Å². The molecule has 2 heterocycles. The average Bonchev–Trinajstić information content (AvgIpc) is 4.06. The van der Waals surface area contributed by atoms with Crippen LogP contribution in [0.25, 0.3) is 11.4 Å². The Morgan fingerprint density at radius 3 is 1.44 bits per heavy atom. The highest BCUT2D eigenvalue weighted by atomic mass is 127. The number of carboxylic acid groups (broad SMARTS) is 1. The molecule has 0 aliphatic heterocycles. The molecule has 0 aliphatic rings. The summed E-state index contributed by atoms with van der Waals surface area (Å²) in [5.41, 5.74) is 24.6. The molecular formula is C54H55BrCl3I3N6O5S. The number of benzene rings is 6. The van der Waals surface area contributed by atoms with Gasteiger partial charge in [-0.05, 0) is 239 Å². The summed E-state index contributed by atoms with van der Waals surface area (Å²) >= 11 is 15.2. The highest BCUT2D eigenvalue weighted by molar-refractivity contribution is 14.1.